The zero-order chi connectivity index (χ0) is 23.2. The molecule has 1 aliphatic rings. The number of aromatic nitrogens is 1. The third kappa shape index (κ3) is 4.10. The molecule has 0 aliphatic carbocycles. The van der Waals surface area contributed by atoms with Crippen LogP contribution in [0.1, 0.15) is 5.56 Å². The van der Waals surface area contributed by atoms with Crippen LogP contribution in [0.2, 0.25) is 5.02 Å². The highest BCUT2D eigenvalue weighted by Gasteiger charge is 2.33. The van der Waals surface area contributed by atoms with Gasteiger partial charge in [0.2, 0.25) is 10.0 Å². The van der Waals surface area contributed by atoms with Crippen molar-refractivity contribution in [2.75, 3.05) is 21.3 Å². The van der Waals surface area contributed by atoms with Crippen molar-refractivity contribution in [3.8, 4) is 11.3 Å². The second-order valence-electron chi connectivity index (χ2n) is 7.78. The van der Waals surface area contributed by atoms with E-state index in [1.807, 2.05) is 55.5 Å². The topological polar surface area (TPSA) is 79.4 Å². The maximum Gasteiger partial charge on any atom is 0.236 e. The van der Waals surface area contributed by atoms with E-state index in [4.69, 9.17) is 11.6 Å². The van der Waals surface area contributed by atoms with E-state index < -0.39 is 21.0 Å². The van der Waals surface area contributed by atoms with Gasteiger partial charge in [0.15, 0.2) is 11.0 Å². The fourth-order valence-corrected chi connectivity index (χ4v) is 6.22. The molecule has 6 nitrogen and oxygen atoms in total. The van der Waals surface area contributed by atoms with E-state index in [1.54, 1.807) is 18.3 Å². The van der Waals surface area contributed by atoms with E-state index >= 15 is 0 Å². The van der Waals surface area contributed by atoms with E-state index in [2.05, 4.69) is 9.71 Å². The van der Waals surface area contributed by atoms with Crippen LogP contribution in [0.15, 0.2) is 77.8 Å². The number of aryl methyl sites for hydroxylation is 1. The number of nitrogens with one attached hydrogen (secondary N) is 1. The number of rotatable bonds is 5. The minimum atomic E-state index is -3.25. The fraction of sp³-hybridized carbons (Fsp3) is 0.125. The number of halogens is 1. The Balaban J connectivity index is 1.44. The van der Waals surface area contributed by atoms with Gasteiger partial charge in [-0.25, -0.2) is 12.6 Å². The van der Waals surface area contributed by atoms with Crippen molar-refractivity contribution in [3.05, 3.63) is 83.5 Å². The SMILES string of the molecule is Cc1ccc(NS(=O)c2ccc(N3CCS3(=O)=O)cc2Cl)cc1-c1nccc2ccccc12. The summed E-state index contributed by atoms with van der Waals surface area (Å²) in [6, 6.07) is 20.5. The lowest BCUT2D eigenvalue weighted by Crippen LogP contribution is -2.47. The Hall–Kier alpha value is -2.94. The normalized spacial score (nSPS) is 15.8. The number of hydrogen-bond donors (Lipinski definition) is 1. The molecule has 2 heterocycles. The number of nitrogens with zero attached hydrogens (tertiary/aromatic N) is 2. The first kappa shape index (κ1) is 21.9. The molecule has 0 radical (unpaired) electrons. The monoisotopic (exact) mass is 497 g/mol. The molecule has 9 heteroatoms. The molecule has 1 aromatic heterocycles. The van der Waals surface area contributed by atoms with Gasteiger partial charge >= 0.3 is 0 Å². The number of benzene rings is 3. The summed E-state index contributed by atoms with van der Waals surface area (Å²) >= 11 is 6.36. The predicted octanol–water partition coefficient (Wildman–Crippen LogP) is 5.15. The van der Waals surface area contributed by atoms with Crippen LogP contribution in [0.4, 0.5) is 11.4 Å². The predicted molar refractivity (Wildman–Crippen MR) is 135 cm³/mol. The molecular weight excluding hydrogens is 478 g/mol. The van der Waals surface area contributed by atoms with E-state index in [1.165, 1.54) is 10.4 Å². The molecule has 4 aromatic rings. The molecule has 1 fully saturated rings. The molecule has 3 aromatic carbocycles. The lowest BCUT2D eigenvalue weighted by molar-refractivity contribution is 0.578. The molecule has 0 bridgehead atoms. The molecule has 1 N–H and O–H groups in total. The van der Waals surface area contributed by atoms with Crippen LogP contribution in [-0.4, -0.2) is 29.9 Å². The Morgan fingerprint density at radius 1 is 1.06 bits per heavy atom. The Morgan fingerprint density at radius 3 is 2.61 bits per heavy atom. The summed E-state index contributed by atoms with van der Waals surface area (Å²) in [6.45, 7) is 2.44. The molecule has 0 spiro atoms. The number of sulfonamides is 1. The lowest BCUT2D eigenvalue weighted by atomic mass is 10.00. The summed E-state index contributed by atoms with van der Waals surface area (Å²) in [5.41, 5.74) is 3.99. The maximum atomic E-state index is 13.0. The first-order chi connectivity index (χ1) is 15.8. The van der Waals surface area contributed by atoms with Gasteiger partial charge in [-0.05, 0) is 54.3 Å². The zero-order valence-electron chi connectivity index (χ0n) is 17.7. The van der Waals surface area contributed by atoms with Crippen LogP contribution in [-0.2, 0) is 21.0 Å². The van der Waals surface area contributed by atoms with Crippen LogP contribution in [0.3, 0.4) is 0 Å². The van der Waals surface area contributed by atoms with Crippen LogP contribution in [0.5, 0.6) is 0 Å². The minimum Gasteiger partial charge on any atom is -0.301 e. The van der Waals surface area contributed by atoms with Gasteiger partial charge in [0.05, 0.1) is 27.1 Å². The van der Waals surface area contributed by atoms with E-state index in [9.17, 15) is 12.6 Å². The van der Waals surface area contributed by atoms with E-state index in [0.717, 1.165) is 27.6 Å². The van der Waals surface area contributed by atoms with E-state index in [-0.39, 0.29) is 10.8 Å². The summed E-state index contributed by atoms with van der Waals surface area (Å²) in [4.78, 5) is 4.98. The Morgan fingerprint density at radius 2 is 1.88 bits per heavy atom. The molecule has 1 atom stereocenters. The molecule has 0 amide bonds. The number of pyridine rings is 1. The average molecular weight is 498 g/mol. The van der Waals surface area contributed by atoms with Crippen molar-refractivity contribution >= 4 is 54.8 Å². The first-order valence-corrected chi connectivity index (χ1v) is 13.4. The highest BCUT2D eigenvalue weighted by atomic mass is 35.5. The molecular formula is C24H20ClN3O3S2. The molecule has 5 rings (SSSR count). The first-order valence-electron chi connectivity index (χ1n) is 10.3. The second-order valence-corrected chi connectivity index (χ2v) is 11.4. The third-order valence-corrected chi connectivity index (χ3v) is 9.03. The second kappa shape index (κ2) is 8.44. The van der Waals surface area contributed by atoms with Crippen LogP contribution in [0, 0.1) is 6.92 Å². The highest BCUT2D eigenvalue weighted by Crippen LogP contribution is 2.33. The minimum absolute atomic E-state index is 0.126. The number of fused-ring (bicyclic) bond motifs is 1. The average Bonchev–Trinajstić information content (AvgIpc) is 2.79. The van der Waals surface area contributed by atoms with Crippen molar-refractivity contribution in [3.63, 3.8) is 0 Å². The smallest absolute Gasteiger partial charge is 0.236 e. The molecule has 0 saturated carbocycles. The van der Waals surface area contributed by atoms with Gasteiger partial charge in [-0.3, -0.25) is 9.29 Å². The largest absolute Gasteiger partial charge is 0.301 e. The summed E-state index contributed by atoms with van der Waals surface area (Å²) in [7, 11) is -4.89. The van der Waals surface area contributed by atoms with Gasteiger partial charge in [0.1, 0.15) is 0 Å². The summed E-state index contributed by atoms with van der Waals surface area (Å²) < 4.78 is 41.0. The van der Waals surface area contributed by atoms with Crippen molar-refractivity contribution in [1.82, 2.24) is 4.98 Å². The molecule has 168 valence electrons. The lowest BCUT2D eigenvalue weighted by Gasteiger charge is -2.32. The third-order valence-electron chi connectivity index (χ3n) is 5.67. The quantitative estimate of drug-likeness (QED) is 0.413. The van der Waals surface area contributed by atoms with Crippen molar-refractivity contribution < 1.29 is 12.6 Å². The summed E-state index contributed by atoms with van der Waals surface area (Å²) in [5.74, 6) is 0.126. The zero-order valence-corrected chi connectivity index (χ0v) is 20.0. The summed E-state index contributed by atoms with van der Waals surface area (Å²) in [6.07, 6.45) is 1.79. The van der Waals surface area contributed by atoms with Gasteiger partial charge in [0.25, 0.3) is 0 Å². The Kier molecular flexibility index (Phi) is 5.60. The van der Waals surface area contributed by atoms with Gasteiger partial charge in [-0.2, -0.15) is 0 Å². The van der Waals surface area contributed by atoms with Crippen LogP contribution in [0.25, 0.3) is 22.0 Å². The van der Waals surface area contributed by atoms with Gasteiger partial charge < -0.3 is 4.72 Å². The van der Waals surface area contributed by atoms with Gasteiger partial charge in [0, 0.05) is 29.4 Å². The highest BCUT2D eigenvalue weighted by molar-refractivity contribution is 7.94. The standard InChI is InChI=1S/C24H20ClN3O3S2/c1-16-6-7-18(14-21(16)24-20-5-3-2-4-17(20)10-11-26-24)27-32(29)23-9-8-19(15-22(23)25)28-12-13-33(28,30)31/h2-11,14-15,27H,12-13H2,1H3. The molecule has 1 saturated heterocycles. The maximum absolute atomic E-state index is 13.0. The number of hydrogen-bond acceptors (Lipinski definition) is 4. The number of anilines is 2. The fourth-order valence-electron chi connectivity index (χ4n) is 3.85. The van der Waals surface area contributed by atoms with Crippen molar-refractivity contribution in [2.45, 2.75) is 11.8 Å². The van der Waals surface area contributed by atoms with Gasteiger partial charge in [-0.15, -0.1) is 0 Å². The van der Waals surface area contributed by atoms with Crippen molar-refractivity contribution in [1.29, 1.82) is 0 Å². The summed E-state index contributed by atoms with van der Waals surface area (Å²) in [5, 5.41) is 2.38. The van der Waals surface area contributed by atoms with Crippen LogP contribution < -0.4 is 9.03 Å². The Bertz CT molecular complexity index is 1520. The van der Waals surface area contributed by atoms with Crippen molar-refractivity contribution in [2.24, 2.45) is 0 Å². The Labute approximate surface area is 199 Å². The molecule has 1 aliphatic heterocycles. The van der Waals surface area contributed by atoms with Crippen LogP contribution >= 0.6 is 11.6 Å². The van der Waals surface area contributed by atoms with Gasteiger partial charge in [-0.1, -0.05) is 41.9 Å². The molecule has 1 unspecified atom stereocenters. The van der Waals surface area contributed by atoms with E-state index in [0.29, 0.717) is 22.8 Å². The molecule has 33 heavy (non-hydrogen) atoms.